The molecule has 0 aliphatic heterocycles. The maximum Gasteiger partial charge on any atom is 0.325 e. The van der Waals surface area contributed by atoms with Gasteiger partial charge < -0.3 is 15.7 Å². The van der Waals surface area contributed by atoms with Crippen LogP contribution in [0, 0.1) is 6.92 Å². The number of aliphatic carboxylic acids is 1. The smallest absolute Gasteiger partial charge is 0.325 e. The molecular weight excluding hydrogens is 244 g/mol. The van der Waals surface area contributed by atoms with Gasteiger partial charge in [-0.05, 0) is 31.5 Å². The molecule has 92 valence electrons. The van der Waals surface area contributed by atoms with Crippen LogP contribution >= 0.6 is 11.6 Å². The van der Waals surface area contributed by atoms with Crippen molar-refractivity contribution in [3.63, 3.8) is 0 Å². The Morgan fingerprint density at radius 3 is 2.65 bits per heavy atom. The highest BCUT2D eigenvalue weighted by Gasteiger charge is 2.14. The number of anilines is 1. The molecule has 1 atom stereocenters. The minimum Gasteiger partial charge on any atom is -0.480 e. The number of carbonyl (C=O) groups excluding carboxylic acids is 1. The van der Waals surface area contributed by atoms with Crippen LogP contribution in [0.3, 0.4) is 0 Å². The van der Waals surface area contributed by atoms with Gasteiger partial charge in [0.25, 0.3) is 0 Å². The summed E-state index contributed by atoms with van der Waals surface area (Å²) in [5.41, 5.74) is 1.28. The van der Waals surface area contributed by atoms with Crippen molar-refractivity contribution in [3.8, 4) is 0 Å². The van der Waals surface area contributed by atoms with Gasteiger partial charge in [0.2, 0.25) is 0 Å². The van der Waals surface area contributed by atoms with Gasteiger partial charge in [0.1, 0.15) is 6.04 Å². The Kier molecular flexibility index (Phi) is 4.34. The third kappa shape index (κ3) is 3.64. The second-order valence-corrected chi connectivity index (χ2v) is 3.98. The Morgan fingerprint density at radius 1 is 1.41 bits per heavy atom. The first-order valence-electron chi connectivity index (χ1n) is 4.97. The fourth-order valence-electron chi connectivity index (χ4n) is 1.16. The molecule has 2 amide bonds. The number of carboxylic acids is 1. The van der Waals surface area contributed by atoms with Crippen molar-refractivity contribution in [1.29, 1.82) is 0 Å². The predicted octanol–water partition coefficient (Wildman–Crippen LogP) is 2.24. The second-order valence-electron chi connectivity index (χ2n) is 3.57. The molecule has 1 aromatic carbocycles. The Hall–Kier alpha value is -1.75. The number of hydrogen-bond acceptors (Lipinski definition) is 2. The molecule has 0 unspecified atom stereocenters. The first-order chi connectivity index (χ1) is 7.91. The number of urea groups is 1. The van der Waals surface area contributed by atoms with Gasteiger partial charge in [-0.3, -0.25) is 4.79 Å². The Morgan fingerprint density at radius 2 is 2.06 bits per heavy atom. The van der Waals surface area contributed by atoms with E-state index in [1.807, 2.05) is 0 Å². The molecule has 0 aliphatic rings. The van der Waals surface area contributed by atoms with Gasteiger partial charge in [-0.25, -0.2) is 4.79 Å². The molecule has 1 aromatic rings. The SMILES string of the molecule is Cc1c(Cl)cccc1NC(=O)N[C@H](C)C(=O)O. The molecule has 0 aliphatic carbocycles. The van der Waals surface area contributed by atoms with E-state index in [4.69, 9.17) is 16.7 Å². The number of halogens is 1. The highest BCUT2D eigenvalue weighted by Crippen LogP contribution is 2.22. The zero-order valence-electron chi connectivity index (χ0n) is 9.45. The van der Waals surface area contributed by atoms with E-state index in [0.717, 1.165) is 5.56 Å². The minimum absolute atomic E-state index is 0.536. The van der Waals surface area contributed by atoms with Crippen LogP contribution in [-0.4, -0.2) is 23.1 Å². The monoisotopic (exact) mass is 256 g/mol. The van der Waals surface area contributed by atoms with Gasteiger partial charge in [0.05, 0.1) is 0 Å². The first-order valence-corrected chi connectivity index (χ1v) is 5.35. The quantitative estimate of drug-likeness (QED) is 0.776. The summed E-state index contributed by atoms with van der Waals surface area (Å²) in [5, 5.41) is 14.0. The lowest BCUT2D eigenvalue weighted by atomic mass is 10.2. The number of carboxylic acid groups (broad SMARTS) is 1. The second kappa shape index (κ2) is 5.54. The van der Waals surface area contributed by atoms with Crippen LogP contribution in [0.5, 0.6) is 0 Å². The Balaban J connectivity index is 2.69. The number of rotatable bonds is 3. The fraction of sp³-hybridized carbons (Fsp3) is 0.273. The Labute approximate surface area is 104 Å². The molecule has 5 nitrogen and oxygen atoms in total. The fourth-order valence-corrected chi connectivity index (χ4v) is 1.33. The number of nitrogens with one attached hydrogen (secondary N) is 2. The van der Waals surface area contributed by atoms with Crippen LogP contribution in [0.15, 0.2) is 18.2 Å². The lowest BCUT2D eigenvalue weighted by Gasteiger charge is -2.12. The standard InChI is InChI=1S/C11H13ClN2O3/c1-6-8(12)4-3-5-9(6)14-11(17)13-7(2)10(15)16/h3-5,7H,1-2H3,(H,15,16)(H2,13,14,17)/t7-/m1/s1. The van der Waals surface area contributed by atoms with Crippen LogP contribution in [-0.2, 0) is 4.79 Å². The van der Waals surface area contributed by atoms with Crippen molar-refractivity contribution in [2.75, 3.05) is 5.32 Å². The van der Waals surface area contributed by atoms with Crippen molar-refractivity contribution in [1.82, 2.24) is 5.32 Å². The first kappa shape index (κ1) is 13.3. The number of benzene rings is 1. The predicted molar refractivity (Wildman–Crippen MR) is 65.4 cm³/mol. The zero-order chi connectivity index (χ0) is 13.0. The van der Waals surface area contributed by atoms with Gasteiger partial charge in [-0.2, -0.15) is 0 Å². The molecule has 0 aromatic heterocycles. The highest BCUT2D eigenvalue weighted by molar-refractivity contribution is 6.31. The lowest BCUT2D eigenvalue weighted by molar-refractivity contribution is -0.138. The molecule has 0 bridgehead atoms. The topological polar surface area (TPSA) is 78.4 Å². The summed E-state index contributed by atoms with van der Waals surface area (Å²) in [6.45, 7) is 3.14. The van der Waals surface area contributed by atoms with E-state index in [1.165, 1.54) is 6.92 Å². The summed E-state index contributed by atoms with van der Waals surface area (Å²) in [7, 11) is 0. The van der Waals surface area contributed by atoms with Gasteiger partial charge in [-0.1, -0.05) is 17.7 Å². The summed E-state index contributed by atoms with van der Waals surface area (Å²) in [4.78, 5) is 22.0. The van der Waals surface area contributed by atoms with Crippen LogP contribution in [0.2, 0.25) is 5.02 Å². The molecular formula is C11H13ClN2O3. The van der Waals surface area contributed by atoms with E-state index >= 15 is 0 Å². The summed E-state index contributed by atoms with van der Waals surface area (Å²) < 4.78 is 0. The van der Waals surface area contributed by atoms with Crippen LogP contribution < -0.4 is 10.6 Å². The van der Waals surface area contributed by atoms with E-state index in [2.05, 4.69) is 10.6 Å². The van der Waals surface area contributed by atoms with Crippen molar-refractivity contribution < 1.29 is 14.7 Å². The summed E-state index contributed by atoms with van der Waals surface area (Å²) in [5.74, 6) is -1.09. The molecule has 0 radical (unpaired) electrons. The average Bonchev–Trinajstić information content (AvgIpc) is 2.24. The summed E-state index contributed by atoms with van der Waals surface area (Å²) in [6, 6.07) is 3.57. The van der Waals surface area contributed by atoms with E-state index in [9.17, 15) is 9.59 Å². The molecule has 0 fully saturated rings. The molecule has 0 saturated carbocycles. The molecule has 17 heavy (non-hydrogen) atoms. The molecule has 0 spiro atoms. The van der Waals surface area contributed by atoms with Gasteiger partial charge >= 0.3 is 12.0 Å². The van der Waals surface area contributed by atoms with E-state index in [0.29, 0.717) is 10.7 Å². The third-order valence-corrected chi connectivity index (χ3v) is 2.64. The number of carbonyl (C=O) groups is 2. The molecule has 0 heterocycles. The van der Waals surface area contributed by atoms with Gasteiger partial charge in [-0.15, -0.1) is 0 Å². The molecule has 3 N–H and O–H groups in total. The highest BCUT2D eigenvalue weighted by atomic mass is 35.5. The molecule has 1 rings (SSSR count). The lowest BCUT2D eigenvalue weighted by Crippen LogP contribution is -2.40. The van der Waals surface area contributed by atoms with Crippen LogP contribution in [0.4, 0.5) is 10.5 Å². The van der Waals surface area contributed by atoms with Crippen LogP contribution in [0.1, 0.15) is 12.5 Å². The summed E-state index contributed by atoms with van der Waals surface area (Å²) in [6.07, 6.45) is 0. The molecule has 6 heteroatoms. The maximum absolute atomic E-state index is 11.5. The van der Waals surface area contributed by atoms with Crippen molar-refractivity contribution in [3.05, 3.63) is 28.8 Å². The van der Waals surface area contributed by atoms with Crippen molar-refractivity contribution in [2.24, 2.45) is 0 Å². The third-order valence-electron chi connectivity index (χ3n) is 2.23. The summed E-state index contributed by atoms with van der Waals surface area (Å²) >= 11 is 5.89. The average molecular weight is 257 g/mol. The van der Waals surface area contributed by atoms with E-state index < -0.39 is 18.0 Å². The van der Waals surface area contributed by atoms with Crippen molar-refractivity contribution >= 4 is 29.3 Å². The van der Waals surface area contributed by atoms with Gasteiger partial charge in [0, 0.05) is 10.7 Å². The van der Waals surface area contributed by atoms with Gasteiger partial charge in [0.15, 0.2) is 0 Å². The van der Waals surface area contributed by atoms with Crippen molar-refractivity contribution in [2.45, 2.75) is 19.9 Å². The van der Waals surface area contributed by atoms with E-state index in [1.54, 1.807) is 25.1 Å². The normalized spacial score (nSPS) is 11.7. The largest absolute Gasteiger partial charge is 0.480 e. The number of amides is 2. The van der Waals surface area contributed by atoms with Crippen LogP contribution in [0.25, 0.3) is 0 Å². The number of hydrogen-bond donors (Lipinski definition) is 3. The minimum atomic E-state index is -1.09. The Bertz CT molecular complexity index is 448. The zero-order valence-corrected chi connectivity index (χ0v) is 10.2. The van der Waals surface area contributed by atoms with E-state index in [-0.39, 0.29) is 0 Å². The molecule has 0 saturated heterocycles. The maximum atomic E-state index is 11.5.